The van der Waals surface area contributed by atoms with Gasteiger partial charge >= 0.3 is 0 Å². The van der Waals surface area contributed by atoms with Gasteiger partial charge in [-0.3, -0.25) is 14.5 Å². The Morgan fingerprint density at radius 1 is 1.13 bits per heavy atom. The standard InChI is InChI=1S/C20H24N4O5S2/c1-14(2)23-30(26,27)16-7-5-6-15(12-16)13-22-19(25)10-11-21-20-17-8-3-4-9-18(17)31(28,29)24-20/h3-9,12,14,23H,10-11,13H2,1-2H3,(H,21,24)(H,22,25). The molecular formula is C20H24N4O5S2. The topological polar surface area (TPSA) is 134 Å². The van der Waals surface area contributed by atoms with E-state index in [0.29, 0.717) is 11.1 Å². The van der Waals surface area contributed by atoms with Gasteiger partial charge in [0.05, 0.1) is 16.3 Å². The maximum Gasteiger partial charge on any atom is 0.263 e. The highest BCUT2D eigenvalue weighted by Crippen LogP contribution is 2.22. The van der Waals surface area contributed by atoms with Gasteiger partial charge < -0.3 is 5.32 Å². The molecule has 1 aliphatic rings. The number of sulfonamides is 2. The fraction of sp³-hybridized carbons (Fsp3) is 0.300. The molecule has 0 unspecified atom stereocenters. The maximum absolute atomic E-state index is 12.3. The summed E-state index contributed by atoms with van der Waals surface area (Å²) in [5.74, 6) is -0.0639. The number of hydrogen-bond donors (Lipinski definition) is 3. The largest absolute Gasteiger partial charge is 0.352 e. The van der Waals surface area contributed by atoms with E-state index < -0.39 is 20.0 Å². The van der Waals surface area contributed by atoms with Crippen molar-refractivity contribution in [1.29, 1.82) is 0 Å². The molecule has 0 aromatic heterocycles. The van der Waals surface area contributed by atoms with Crippen LogP contribution in [0.25, 0.3) is 0 Å². The summed E-state index contributed by atoms with van der Waals surface area (Å²) in [6.07, 6.45) is 0.0558. The van der Waals surface area contributed by atoms with E-state index in [4.69, 9.17) is 0 Å². The molecular weight excluding hydrogens is 440 g/mol. The fourth-order valence-electron chi connectivity index (χ4n) is 3.01. The highest BCUT2D eigenvalue weighted by molar-refractivity contribution is 7.90. The number of carbonyl (C=O) groups excluding carboxylic acids is 1. The summed E-state index contributed by atoms with van der Waals surface area (Å²) < 4.78 is 53.6. The number of carbonyl (C=O) groups is 1. The van der Waals surface area contributed by atoms with Crippen LogP contribution in [0.5, 0.6) is 0 Å². The van der Waals surface area contributed by atoms with Crippen LogP contribution >= 0.6 is 0 Å². The van der Waals surface area contributed by atoms with Gasteiger partial charge in [0.2, 0.25) is 15.9 Å². The molecule has 0 spiro atoms. The zero-order valence-corrected chi connectivity index (χ0v) is 18.8. The Morgan fingerprint density at radius 3 is 2.61 bits per heavy atom. The highest BCUT2D eigenvalue weighted by atomic mass is 32.2. The molecule has 0 aliphatic carbocycles. The summed E-state index contributed by atoms with van der Waals surface area (Å²) in [6.45, 7) is 3.74. The molecule has 0 bridgehead atoms. The lowest BCUT2D eigenvalue weighted by atomic mass is 10.2. The van der Waals surface area contributed by atoms with Gasteiger partial charge in [-0.2, -0.15) is 0 Å². The summed E-state index contributed by atoms with van der Waals surface area (Å²) in [6, 6.07) is 12.6. The van der Waals surface area contributed by atoms with Crippen LogP contribution in [-0.4, -0.2) is 41.2 Å². The molecule has 166 valence electrons. The van der Waals surface area contributed by atoms with E-state index >= 15 is 0 Å². The predicted octanol–water partition coefficient (Wildman–Crippen LogP) is 1.12. The monoisotopic (exact) mass is 464 g/mol. The number of amides is 1. The van der Waals surface area contributed by atoms with Gasteiger partial charge in [0.25, 0.3) is 10.0 Å². The SMILES string of the molecule is CC(C)NS(=O)(=O)c1cccc(CNC(=O)CCN=C2NS(=O)(=O)c3ccccc32)c1. The summed E-state index contributed by atoms with van der Waals surface area (Å²) in [5.41, 5.74) is 1.12. The van der Waals surface area contributed by atoms with Gasteiger partial charge in [0, 0.05) is 24.6 Å². The molecule has 2 aromatic rings. The second kappa shape index (κ2) is 9.16. The average molecular weight is 465 g/mol. The van der Waals surface area contributed by atoms with Crippen molar-refractivity contribution in [1.82, 2.24) is 14.8 Å². The van der Waals surface area contributed by atoms with E-state index in [-0.39, 0.29) is 47.1 Å². The van der Waals surface area contributed by atoms with E-state index in [0.717, 1.165) is 0 Å². The summed E-state index contributed by atoms with van der Waals surface area (Å²) in [4.78, 5) is 16.6. The Bertz CT molecular complexity index is 1220. The smallest absolute Gasteiger partial charge is 0.263 e. The third-order valence-corrected chi connectivity index (χ3v) is 7.41. The predicted molar refractivity (Wildman–Crippen MR) is 117 cm³/mol. The lowest BCUT2D eigenvalue weighted by molar-refractivity contribution is -0.121. The number of nitrogens with one attached hydrogen (secondary N) is 3. The Morgan fingerprint density at radius 2 is 1.87 bits per heavy atom. The van der Waals surface area contributed by atoms with Crippen LogP contribution in [0, 0.1) is 0 Å². The molecule has 1 aliphatic heterocycles. The zero-order valence-electron chi connectivity index (χ0n) is 17.1. The molecule has 3 rings (SSSR count). The molecule has 0 saturated heterocycles. The number of aliphatic imine (C=N–C) groups is 1. The summed E-state index contributed by atoms with van der Waals surface area (Å²) in [7, 11) is -7.23. The first-order chi connectivity index (χ1) is 14.6. The van der Waals surface area contributed by atoms with E-state index in [9.17, 15) is 21.6 Å². The number of nitrogens with zero attached hydrogens (tertiary/aromatic N) is 1. The molecule has 2 aromatic carbocycles. The number of rotatable bonds is 8. The van der Waals surface area contributed by atoms with E-state index in [1.807, 2.05) is 0 Å². The van der Waals surface area contributed by atoms with E-state index in [1.54, 1.807) is 44.2 Å². The van der Waals surface area contributed by atoms with Crippen LogP contribution in [0.1, 0.15) is 31.4 Å². The van der Waals surface area contributed by atoms with E-state index in [2.05, 4.69) is 19.8 Å². The van der Waals surface area contributed by atoms with Gasteiger partial charge in [0.15, 0.2) is 0 Å². The van der Waals surface area contributed by atoms with Gasteiger partial charge in [-0.1, -0.05) is 24.3 Å². The first kappa shape index (κ1) is 22.9. The van der Waals surface area contributed by atoms with Crippen molar-refractivity contribution in [3.63, 3.8) is 0 Å². The highest BCUT2D eigenvalue weighted by Gasteiger charge is 2.29. The van der Waals surface area contributed by atoms with Crippen molar-refractivity contribution in [3.8, 4) is 0 Å². The lowest BCUT2D eigenvalue weighted by Crippen LogP contribution is -2.30. The molecule has 1 heterocycles. The van der Waals surface area contributed by atoms with Crippen LogP contribution in [0.4, 0.5) is 0 Å². The first-order valence-electron chi connectivity index (χ1n) is 9.63. The van der Waals surface area contributed by atoms with Crippen molar-refractivity contribution in [2.75, 3.05) is 6.54 Å². The van der Waals surface area contributed by atoms with Crippen molar-refractivity contribution in [2.24, 2.45) is 4.99 Å². The van der Waals surface area contributed by atoms with Crippen molar-refractivity contribution < 1.29 is 21.6 Å². The van der Waals surface area contributed by atoms with Crippen molar-refractivity contribution in [3.05, 3.63) is 59.7 Å². The molecule has 0 saturated carbocycles. The van der Waals surface area contributed by atoms with Crippen LogP contribution in [-0.2, 0) is 31.4 Å². The maximum atomic E-state index is 12.3. The molecule has 9 nitrogen and oxygen atoms in total. The average Bonchev–Trinajstić information content (AvgIpc) is 2.96. The molecule has 1 amide bonds. The van der Waals surface area contributed by atoms with Crippen LogP contribution < -0.4 is 14.8 Å². The number of hydrogen-bond acceptors (Lipinski definition) is 6. The quantitative estimate of drug-likeness (QED) is 0.538. The number of fused-ring (bicyclic) bond motifs is 1. The molecule has 0 atom stereocenters. The summed E-state index contributed by atoms with van der Waals surface area (Å²) in [5, 5.41) is 2.72. The third kappa shape index (κ3) is 5.69. The zero-order chi connectivity index (χ0) is 22.6. The second-order valence-corrected chi connectivity index (χ2v) is 10.6. The molecule has 31 heavy (non-hydrogen) atoms. The Balaban J connectivity index is 1.56. The van der Waals surface area contributed by atoms with E-state index in [1.165, 1.54) is 18.2 Å². The molecule has 3 N–H and O–H groups in total. The summed E-state index contributed by atoms with van der Waals surface area (Å²) >= 11 is 0. The molecule has 0 fully saturated rings. The fourth-order valence-corrected chi connectivity index (χ4v) is 5.58. The van der Waals surface area contributed by atoms with Gasteiger partial charge in [0.1, 0.15) is 5.84 Å². The minimum atomic E-state index is -3.61. The first-order valence-corrected chi connectivity index (χ1v) is 12.6. The van der Waals surface area contributed by atoms with Gasteiger partial charge in [-0.25, -0.2) is 21.6 Å². The van der Waals surface area contributed by atoms with Crippen LogP contribution in [0.15, 0.2) is 63.3 Å². The minimum Gasteiger partial charge on any atom is -0.352 e. The van der Waals surface area contributed by atoms with Gasteiger partial charge in [-0.05, 0) is 43.7 Å². The molecule has 0 radical (unpaired) electrons. The Hall–Kier alpha value is -2.76. The van der Waals surface area contributed by atoms with Crippen molar-refractivity contribution in [2.45, 2.75) is 42.6 Å². The Kier molecular flexibility index (Phi) is 6.77. The molecule has 11 heteroatoms. The van der Waals surface area contributed by atoms with Crippen LogP contribution in [0.2, 0.25) is 0 Å². The van der Waals surface area contributed by atoms with Crippen molar-refractivity contribution >= 4 is 31.8 Å². The van der Waals surface area contributed by atoms with Gasteiger partial charge in [-0.15, -0.1) is 0 Å². The minimum absolute atomic E-state index is 0.0558. The lowest BCUT2D eigenvalue weighted by Gasteiger charge is -2.11. The van der Waals surface area contributed by atoms with Crippen LogP contribution in [0.3, 0.4) is 0 Å². The number of amidine groups is 1. The second-order valence-electron chi connectivity index (χ2n) is 7.28. The normalized spacial score (nSPS) is 16.2. The Labute approximate surface area is 182 Å². The third-order valence-electron chi connectivity index (χ3n) is 4.36. The number of benzene rings is 2.